The number of rotatable bonds is 7. The monoisotopic (exact) mass is 539 g/mol. The van der Waals surface area contributed by atoms with Gasteiger partial charge in [0.15, 0.2) is 0 Å². The smallest absolute Gasteiger partial charge is 0.336 e. The number of carbonyl (C=O) groups excluding carboxylic acids is 4. The van der Waals surface area contributed by atoms with Crippen molar-refractivity contribution in [2.75, 3.05) is 20.3 Å². The summed E-state index contributed by atoms with van der Waals surface area (Å²) in [6, 6.07) is 10.2. The molecular weight excluding hydrogens is 518 g/mol. The van der Waals surface area contributed by atoms with Gasteiger partial charge in [0.05, 0.1) is 35.3 Å². The van der Waals surface area contributed by atoms with Crippen LogP contribution in [0.1, 0.15) is 46.0 Å². The number of aliphatic imine (C=N–C) groups is 1. The van der Waals surface area contributed by atoms with Gasteiger partial charge in [-0.15, -0.1) is 0 Å². The number of ether oxygens (including phenoxy) is 2. The topological polar surface area (TPSA) is 145 Å². The SMILES string of the molecule is COC(=O)C1C(C)=NC(C)=C(C(=O)OCCN2C(=O)c3ccccc3C2=O)C1c1cc(Cl)ccc1[N+](=O)[O-]. The Morgan fingerprint density at radius 1 is 1.11 bits per heavy atom. The Morgan fingerprint density at radius 2 is 1.74 bits per heavy atom. The Hall–Kier alpha value is -4.38. The van der Waals surface area contributed by atoms with Gasteiger partial charge in [-0.1, -0.05) is 23.7 Å². The molecule has 4 rings (SSSR count). The van der Waals surface area contributed by atoms with E-state index in [4.69, 9.17) is 21.1 Å². The number of esters is 2. The number of amides is 2. The van der Waals surface area contributed by atoms with Crippen LogP contribution in [-0.2, 0) is 19.1 Å². The van der Waals surface area contributed by atoms with Crippen molar-refractivity contribution >= 4 is 46.8 Å². The number of allylic oxidation sites excluding steroid dienone is 1. The maximum absolute atomic E-state index is 13.4. The fourth-order valence-electron chi connectivity index (χ4n) is 4.76. The van der Waals surface area contributed by atoms with Gasteiger partial charge >= 0.3 is 11.9 Å². The van der Waals surface area contributed by atoms with Crippen molar-refractivity contribution in [1.29, 1.82) is 0 Å². The number of benzene rings is 2. The number of fused-ring (bicyclic) bond motifs is 1. The maximum Gasteiger partial charge on any atom is 0.336 e. The summed E-state index contributed by atoms with van der Waals surface area (Å²) < 4.78 is 10.4. The highest BCUT2D eigenvalue weighted by atomic mass is 35.5. The lowest BCUT2D eigenvalue weighted by molar-refractivity contribution is -0.385. The standard InChI is InChI=1S/C26H22ClN3O8/c1-13-20(25(33)37-3)22(18-12-15(27)8-9-19(18)30(35)36)21(14(2)28-13)26(34)38-11-10-29-23(31)16-6-4-5-7-17(16)24(29)32/h4-9,12,20,22H,10-11H2,1-3H3. The van der Waals surface area contributed by atoms with E-state index < -0.39 is 40.5 Å². The molecular formula is C26H22ClN3O8. The van der Waals surface area contributed by atoms with E-state index in [0.717, 1.165) is 12.0 Å². The van der Waals surface area contributed by atoms with Crippen LogP contribution in [-0.4, -0.2) is 59.5 Å². The molecule has 2 aromatic carbocycles. The molecule has 0 saturated carbocycles. The van der Waals surface area contributed by atoms with Crippen molar-refractivity contribution in [2.24, 2.45) is 10.9 Å². The zero-order chi connectivity index (χ0) is 27.7. The minimum Gasteiger partial charge on any atom is -0.468 e. The van der Waals surface area contributed by atoms with E-state index in [1.54, 1.807) is 19.1 Å². The van der Waals surface area contributed by atoms with E-state index in [9.17, 15) is 29.3 Å². The Kier molecular flexibility index (Phi) is 7.40. The third kappa shape index (κ3) is 4.68. The number of nitro benzene ring substituents is 1. The Morgan fingerprint density at radius 3 is 2.32 bits per heavy atom. The zero-order valence-electron chi connectivity index (χ0n) is 20.6. The molecule has 2 amide bonds. The van der Waals surface area contributed by atoms with Gasteiger partial charge in [0.2, 0.25) is 0 Å². The van der Waals surface area contributed by atoms with Crippen molar-refractivity contribution in [1.82, 2.24) is 4.90 Å². The van der Waals surface area contributed by atoms with Crippen LogP contribution < -0.4 is 0 Å². The van der Waals surface area contributed by atoms with Gasteiger partial charge < -0.3 is 9.47 Å². The van der Waals surface area contributed by atoms with Crippen molar-refractivity contribution < 1.29 is 33.6 Å². The van der Waals surface area contributed by atoms with Gasteiger partial charge in [-0.3, -0.25) is 34.4 Å². The van der Waals surface area contributed by atoms with Gasteiger partial charge in [-0.2, -0.15) is 0 Å². The van der Waals surface area contributed by atoms with Gasteiger partial charge in [-0.05, 0) is 38.1 Å². The number of nitrogens with zero attached hydrogens (tertiary/aromatic N) is 3. The quantitative estimate of drug-likeness (QED) is 0.224. The molecule has 2 heterocycles. The van der Waals surface area contributed by atoms with E-state index in [1.807, 2.05) is 0 Å². The summed E-state index contributed by atoms with van der Waals surface area (Å²) >= 11 is 6.15. The Balaban J connectivity index is 1.65. The van der Waals surface area contributed by atoms with Gasteiger partial charge in [0, 0.05) is 34.0 Å². The molecule has 0 radical (unpaired) electrons. The van der Waals surface area contributed by atoms with Crippen LogP contribution >= 0.6 is 11.6 Å². The summed E-state index contributed by atoms with van der Waals surface area (Å²) in [5.74, 6) is -5.04. The third-order valence-electron chi connectivity index (χ3n) is 6.45. The van der Waals surface area contributed by atoms with Gasteiger partial charge in [0.1, 0.15) is 12.5 Å². The maximum atomic E-state index is 13.4. The molecule has 11 nitrogen and oxygen atoms in total. The average molecular weight is 540 g/mol. The molecule has 196 valence electrons. The number of carbonyl (C=O) groups is 4. The van der Waals surface area contributed by atoms with Gasteiger partial charge in [-0.25, -0.2) is 4.79 Å². The molecule has 38 heavy (non-hydrogen) atoms. The summed E-state index contributed by atoms with van der Waals surface area (Å²) in [5, 5.41) is 12.0. The first kappa shape index (κ1) is 26.7. The number of hydrogen-bond acceptors (Lipinski definition) is 9. The summed E-state index contributed by atoms with van der Waals surface area (Å²) in [5.41, 5.74) is 0.552. The van der Waals surface area contributed by atoms with Crippen LogP contribution in [0.4, 0.5) is 5.69 Å². The molecule has 2 aromatic rings. The van der Waals surface area contributed by atoms with E-state index in [2.05, 4.69) is 4.99 Å². The van der Waals surface area contributed by atoms with E-state index >= 15 is 0 Å². The average Bonchev–Trinajstić information content (AvgIpc) is 3.12. The Labute approximate surface area is 221 Å². The van der Waals surface area contributed by atoms with Crippen LogP contribution in [0.2, 0.25) is 5.02 Å². The van der Waals surface area contributed by atoms with Crippen LogP contribution in [0, 0.1) is 16.0 Å². The Bertz CT molecular complexity index is 1410. The molecule has 0 spiro atoms. The molecule has 0 aliphatic carbocycles. The summed E-state index contributed by atoms with van der Waals surface area (Å²) in [6.07, 6.45) is 0. The van der Waals surface area contributed by atoms with Crippen molar-refractivity contribution in [2.45, 2.75) is 19.8 Å². The zero-order valence-corrected chi connectivity index (χ0v) is 21.4. The van der Waals surface area contributed by atoms with Crippen molar-refractivity contribution in [3.8, 4) is 0 Å². The number of hydrogen-bond donors (Lipinski definition) is 0. The van der Waals surface area contributed by atoms with Crippen molar-refractivity contribution in [3.05, 3.63) is 85.6 Å². The number of nitro groups is 1. The third-order valence-corrected chi connectivity index (χ3v) is 6.69. The number of methoxy groups -OCH3 is 1. The molecule has 2 aliphatic rings. The molecule has 0 fully saturated rings. The second-order valence-electron chi connectivity index (χ2n) is 8.63. The van der Waals surface area contributed by atoms with Gasteiger partial charge in [0.25, 0.3) is 17.5 Å². The highest BCUT2D eigenvalue weighted by Gasteiger charge is 2.45. The first-order valence-corrected chi connectivity index (χ1v) is 11.8. The number of halogens is 1. The van der Waals surface area contributed by atoms with E-state index in [0.29, 0.717) is 0 Å². The molecule has 0 aromatic heterocycles. The van der Waals surface area contributed by atoms with Crippen LogP contribution in [0.25, 0.3) is 0 Å². The molecule has 2 atom stereocenters. The molecule has 0 bridgehead atoms. The molecule has 2 aliphatic heterocycles. The normalized spacial score (nSPS) is 18.7. The van der Waals surface area contributed by atoms with E-state index in [1.165, 1.54) is 37.3 Å². The minimum atomic E-state index is -1.19. The van der Waals surface area contributed by atoms with Crippen LogP contribution in [0.15, 0.2) is 58.7 Å². The molecule has 0 saturated heterocycles. The molecule has 0 N–H and O–H groups in total. The second kappa shape index (κ2) is 10.5. The lowest BCUT2D eigenvalue weighted by atomic mass is 9.75. The first-order valence-electron chi connectivity index (χ1n) is 11.5. The predicted octanol–water partition coefficient (Wildman–Crippen LogP) is 3.71. The molecule has 12 heteroatoms. The lowest BCUT2D eigenvalue weighted by Gasteiger charge is -2.31. The van der Waals surface area contributed by atoms with E-state index in [-0.39, 0.29) is 57.5 Å². The van der Waals surface area contributed by atoms with Crippen LogP contribution in [0.5, 0.6) is 0 Å². The largest absolute Gasteiger partial charge is 0.468 e. The summed E-state index contributed by atoms with van der Waals surface area (Å²) in [6.45, 7) is 2.51. The first-order chi connectivity index (χ1) is 18.1. The molecule has 2 unspecified atom stereocenters. The highest BCUT2D eigenvalue weighted by molar-refractivity contribution is 6.30. The minimum absolute atomic E-state index is 0.0128. The fraction of sp³-hybridized carbons (Fsp3) is 0.269. The lowest BCUT2D eigenvalue weighted by Crippen LogP contribution is -2.37. The highest BCUT2D eigenvalue weighted by Crippen LogP contribution is 2.44. The fourth-order valence-corrected chi connectivity index (χ4v) is 4.94. The summed E-state index contributed by atoms with van der Waals surface area (Å²) in [4.78, 5) is 67.9. The van der Waals surface area contributed by atoms with Crippen molar-refractivity contribution in [3.63, 3.8) is 0 Å². The predicted molar refractivity (Wildman–Crippen MR) is 135 cm³/mol. The summed E-state index contributed by atoms with van der Waals surface area (Å²) in [7, 11) is 1.16. The second-order valence-corrected chi connectivity index (χ2v) is 9.07. The van der Waals surface area contributed by atoms with Crippen LogP contribution in [0.3, 0.4) is 0 Å². The number of imide groups is 1.